The molecule has 0 aliphatic carbocycles. The highest BCUT2D eigenvalue weighted by Gasteiger charge is 2.25. The molecule has 7 heteroatoms. The van der Waals surface area contributed by atoms with Gasteiger partial charge in [0.2, 0.25) is 5.89 Å². The number of carbonyl (C=O) groups is 1. The van der Waals surface area contributed by atoms with Crippen LogP contribution in [0.25, 0.3) is 0 Å². The third kappa shape index (κ3) is 5.32. The predicted molar refractivity (Wildman–Crippen MR) is 103 cm³/mol. The lowest BCUT2D eigenvalue weighted by atomic mass is 9.94. The number of nitrogens with one attached hydrogen (secondary N) is 1. The van der Waals surface area contributed by atoms with Crippen molar-refractivity contribution in [3.05, 3.63) is 48.1 Å². The average Bonchev–Trinajstić information content (AvgIpc) is 3.06. The summed E-state index contributed by atoms with van der Waals surface area (Å²) in [6, 6.07) is 7.34. The molecular formula is C20H26N4O3. The van der Waals surface area contributed by atoms with E-state index >= 15 is 0 Å². The zero-order chi connectivity index (χ0) is 19.2. The molecule has 1 saturated heterocycles. The number of hydrogen-bond acceptors (Lipinski definition) is 5. The highest BCUT2D eigenvalue weighted by molar-refractivity contribution is 5.91. The van der Waals surface area contributed by atoms with Gasteiger partial charge in [-0.1, -0.05) is 23.9 Å². The fraction of sp³-hybridized carbons (Fsp3) is 0.450. The first kappa shape index (κ1) is 18.9. The average molecular weight is 370 g/mol. The van der Waals surface area contributed by atoms with E-state index in [9.17, 15) is 4.79 Å². The number of anilines is 1. The Kier molecular flexibility index (Phi) is 6.11. The summed E-state index contributed by atoms with van der Waals surface area (Å²) < 4.78 is 10.9. The standard InChI is InChI=1S/C20H26N4O3/c1-14(2)13-26-18-7-5-4-6-17(18)22-20(25)24-10-8-16(9-11-24)12-19-21-15(3)23-27-19/h4-7,16H,1,8-13H2,2-3H3,(H,22,25). The molecule has 1 aromatic carbocycles. The molecule has 7 nitrogen and oxygen atoms in total. The Hall–Kier alpha value is -2.83. The second-order valence-corrected chi connectivity index (χ2v) is 7.04. The van der Waals surface area contributed by atoms with Gasteiger partial charge in [-0.2, -0.15) is 4.98 Å². The van der Waals surface area contributed by atoms with Crippen molar-refractivity contribution in [2.45, 2.75) is 33.1 Å². The third-order valence-electron chi connectivity index (χ3n) is 4.54. The first-order valence-electron chi connectivity index (χ1n) is 9.22. The highest BCUT2D eigenvalue weighted by Crippen LogP contribution is 2.26. The smallest absolute Gasteiger partial charge is 0.321 e. The van der Waals surface area contributed by atoms with Crippen LogP contribution in [0.15, 0.2) is 40.9 Å². The predicted octanol–water partition coefficient (Wildman–Crippen LogP) is 3.82. The van der Waals surface area contributed by atoms with Crippen LogP contribution in [0.5, 0.6) is 5.75 Å². The summed E-state index contributed by atoms with van der Waals surface area (Å²) in [6.45, 7) is 9.40. The summed E-state index contributed by atoms with van der Waals surface area (Å²) in [4.78, 5) is 18.7. The summed E-state index contributed by atoms with van der Waals surface area (Å²) in [6.07, 6.45) is 2.61. The second kappa shape index (κ2) is 8.70. The van der Waals surface area contributed by atoms with Crippen molar-refractivity contribution in [1.29, 1.82) is 0 Å². The maximum Gasteiger partial charge on any atom is 0.321 e. The molecule has 0 spiro atoms. The SMILES string of the molecule is C=C(C)COc1ccccc1NC(=O)N1CCC(Cc2nc(C)no2)CC1. The summed E-state index contributed by atoms with van der Waals surface area (Å²) >= 11 is 0. The zero-order valence-electron chi connectivity index (χ0n) is 15.9. The van der Waals surface area contributed by atoms with Crippen LogP contribution in [0.2, 0.25) is 0 Å². The summed E-state index contributed by atoms with van der Waals surface area (Å²) in [5.74, 6) is 2.45. The molecule has 27 heavy (non-hydrogen) atoms. The molecule has 1 aromatic heterocycles. The number of amides is 2. The first-order valence-corrected chi connectivity index (χ1v) is 9.22. The molecule has 0 unspecified atom stereocenters. The van der Waals surface area contributed by atoms with Crippen molar-refractivity contribution < 1.29 is 14.1 Å². The van der Waals surface area contributed by atoms with Crippen molar-refractivity contribution in [1.82, 2.24) is 15.0 Å². The lowest BCUT2D eigenvalue weighted by Gasteiger charge is -2.31. The minimum atomic E-state index is -0.103. The van der Waals surface area contributed by atoms with Gasteiger partial charge in [-0.05, 0) is 50.3 Å². The fourth-order valence-corrected chi connectivity index (χ4v) is 3.10. The topological polar surface area (TPSA) is 80.5 Å². The maximum atomic E-state index is 12.6. The number of piperidine rings is 1. The number of para-hydroxylation sites is 2. The number of aryl methyl sites for hydroxylation is 1. The fourth-order valence-electron chi connectivity index (χ4n) is 3.10. The largest absolute Gasteiger partial charge is 0.487 e. The van der Waals surface area contributed by atoms with E-state index in [-0.39, 0.29) is 6.03 Å². The molecule has 1 aliphatic rings. The normalized spacial score (nSPS) is 14.8. The van der Waals surface area contributed by atoms with Crippen LogP contribution in [-0.4, -0.2) is 40.8 Å². The van der Waals surface area contributed by atoms with Gasteiger partial charge in [0.05, 0.1) is 5.69 Å². The maximum absolute atomic E-state index is 12.6. The monoisotopic (exact) mass is 370 g/mol. The van der Waals surface area contributed by atoms with E-state index in [1.165, 1.54) is 0 Å². The summed E-state index contributed by atoms with van der Waals surface area (Å²) in [5.41, 5.74) is 1.60. The van der Waals surface area contributed by atoms with Crippen molar-refractivity contribution in [2.75, 3.05) is 25.0 Å². The molecule has 0 bridgehead atoms. The van der Waals surface area contributed by atoms with Gasteiger partial charge in [-0.25, -0.2) is 4.79 Å². The molecule has 3 rings (SSSR count). The van der Waals surface area contributed by atoms with Crippen LogP contribution in [0.1, 0.15) is 31.5 Å². The first-order chi connectivity index (χ1) is 13.0. The molecular weight excluding hydrogens is 344 g/mol. The van der Waals surface area contributed by atoms with Crippen LogP contribution in [0, 0.1) is 12.8 Å². The summed E-state index contributed by atoms with van der Waals surface area (Å²) in [7, 11) is 0. The Bertz CT molecular complexity index is 794. The number of aromatic nitrogens is 2. The van der Waals surface area contributed by atoms with Gasteiger partial charge in [-0.15, -0.1) is 0 Å². The molecule has 1 aliphatic heterocycles. The quantitative estimate of drug-likeness (QED) is 0.782. The molecule has 0 saturated carbocycles. The number of hydrogen-bond donors (Lipinski definition) is 1. The van der Waals surface area contributed by atoms with Gasteiger partial charge in [0.25, 0.3) is 0 Å². The van der Waals surface area contributed by atoms with Crippen molar-refractivity contribution >= 4 is 11.7 Å². The number of urea groups is 1. The van der Waals surface area contributed by atoms with E-state index in [4.69, 9.17) is 9.26 Å². The van der Waals surface area contributed by atoms with Crippen molar-refractivity contribution in [2.24, 2.45) is 5.92 Å². The Morgan fingerprint density at radius 3 is 2.78 bits per heavy atom. The minimum absolute atomic E-state index is 0.103. The van der Waals surface area contributed by atoms with Crippen molar-refractivity contribution in [3.63, 3.8) is 0 Å². The molecule has 144 valence electrons. The number of likely N-dealkylation sites (tertiary alicyclic amines) is 1. The molecule has 2 heterocycles. The summed E-state index contributed by atoms with van der Waals surface area (Å²) in [5, 5.41) is 6.79. The highest BCUT2D eigenvalue weighted by atomic mass is 16.5. The van der Waals surface area contributed by atoms with E-state index in [1.807, 2.05) is 43.0 Å². The van der Waals surface area contributed by atoms with Crippen molar-refractivity contribution in [3.8, 4) is 5.75 Å². The Morgan fingerprint density at radius 2 is 2.11 bits per heavy atom. The van der Waals surface area contributed by atoms with Gasteiger partial charge >= 0.3 is 6.03 Å². The number of carbonyl (C=O) groups excluding carboxylic acids is 1. The zero-order valence-corrected chi connectivity index (χ0v) is 15.9. The Balaban J connectivity index is 1.52. The van der Waals surface area contributed by atoms with E-state index in [1.54, 1.807) is 0 Å². The third-order valence-corrected chi connectivity index (χ3v) is 4.54. The lowest BCUT2D eigenvalue weighted by molar-refractivity contribution is 0.179. The molecule has 2 amide bonds. The van der Waals surface area contributed by atoms with Gasteiger partial charge in [0.15, 0.2) is 5.82 Å². The van der Waals surface area contributed by atoms with Crippen LogP contribution >= 0.6 is 0 Å². The van der Waals surface area contributed by atoms with Crippen LogP contribution < -0.4 is 10.1 Å². The molecule has 0 atom stereocenters. The van der Waals surface area contributed by atoms with E-state index in [0.29, 0.717) is 48.8 Å². The molecule has 1 fully saturated rings. The molecule has 1 N–H and O–H groups in total. The van der Waals surface area contributed by atoms with Crippen LogP contribution in [0.4, 0.5) is 10.5 Å². The van der Waals surface area contributed by atoms with Gasteiger partial charge in [0.1, 0.15) is 12.4 Å². The van der Waals surface area contributed by atoms with E-state index < -0.39 is 0 Å². The minimum Gasteiger partial charge on any atom is -0.487 e. The molecule has 0 radical (unpaired) electrons. The molecule has 2 aromatic rings. The van der Waals surface area contributed by atoms with E-state index in [2.05, 4.69) is 22.0 Å². The Labute approximate surface area is 159 Å². The van der Waals surface area contributed by atoms with Crippen LogP contribution in [-0.2, 0) is 6.42 Å². The Morgan fingerprint density at radius 1 is 1.37 bits per heavy atom. The lowest BCUT2D eigenvalue weighted by Crippen LogP contribution is -2.41. The van der Waals surface area contributed by atoms with E-state index in [0.717, 1.165) is 24.8 Å². The number of nitrogens with zero attached hydrogens (tertiary/aromatic N) is 3. The number of benzene rings is 1. The van der Waals surface area contributed by atoms with Gasteiger partial charge in [0, 0.05) is 19.5 Å². The number of ether oxygens (including phenoxy) is 1. The second-order valence-electron chi connectivity index (χ2n) is 7.04. The number of rotatable bonds is 6. The van der Waals surface area contributed by atoms with Crippen LogP contribution in [0.3, 0.4) is 0 Å². The van der Waals surface area contributed by atoms with Gasteiger partial charge in [-0.3, -0.25) is 0 Å². The van der Waals surface area contributed by atoms with Gasteiger partial charge < -0.3 is 19.5 Å².